The first kappa shape index (κ1) is 29.5. The molecule has 1 fully saturated rings. The Balaban J connectivity index is 1.39. The number of hydrogen-bond acceptors (Lipinski definition) is 3. The van der Waals surface area contributed by atoms with Crippen LogP contribution in [0.3, 0.4) is 0 Å². The predicted octanol–water partition coefficient (Wildman–Crippen LogP) is 9.87. The molecule has 0 atom stereocenters. The lowest BCUT2D eigenvalue weighted by molar-refractivity contribution is -0.117. The van der Waals surface area contributed by atoms with E-state index in [2.05, 4.69) is 130 Å². The molecule has 1 aliphatic rings. The molecule has 0 aliphatic carbocycles. The van der Waals surface area contributed by atoms with E-state index in [-0.39, 0.29) is 16.7 Å². The summed E-state index contributed by atoms with van der Waals surface area (Å²) in [6.07, 6.45) is 9.17. The van der Waals surface area contributed by atoms with Gasteiger partial charge in [0.25, 0.3) is 0 Å². The highest BCUT2D eigenvalue weighted by Crippen LogP contribution is 2.38. The van der Waals surface area contributed by atoms with E-state index in [0.717, 1.165) is 63.2 Å². The van der Waals surface area contributed by atoms with Crippen molar-refractivity contribution in [2.75, 3.05) is 11.4 Å². The van der Waals surface area contributed by atoms with E-state index < -0.39 is 0 Å². The summed E-state index contributed by atoms with van der Waals surface area (Å²) in [7, 11) is 0. The van der Waals surface area contributed by atoms with Crippen molar-refractivity contribution in [3.8, 4) is 44.5 Å². The summed E-state index contributed by atoms with van der Waals surface area (Å²) in [6, 6.07) is 28.3. The fourth-order valence-corrected chi connectivity index (χ4v) is 6.26. The summed E-state index contributed by atoms with van der Waals surface area (Å²) in [5, 5.41) is 0. The Labute approximate surface area is 261 Å². The standard InChI is InChI=1S/C40H41N3O/c1-39(2,3)36-17-19-41-25-34(36)29-13-9-27(10-14-29)31-22-32(24-33(23-31)43-21-7-8-38(43)44)28-11-15-30(16-12-28)35-26-42-20-18-37(35)40(4,5)6/h9-20,22-26H,7-8,21H2,1-6H3. The van der Waals surface area contributed by atoms with E-state index in [4.69, 9.17) is 0 Å². The quantitative estimate of drug-likeness (QED) is 0.208. The van der Waals surface area contributed by atoms with Crippen LogP contribution in [0.4, 0.5) is 5.69 Å². The summed E-state index contributed by atoms with van der Waals surface area (Å²) in [6.45, 7) is 14.2. The summed E-state index contributed by atoms with van der Waals surface area (Å²) in [4.78, 5) is 23.6. The zero-order valence-electron chi connectivity index (χ0n) is 26.7. The molecule has 6 rings (SSSR count). The van der Waals surface area contributed by atoms with Gasteiger partial charge in [-0.2, -0.15) is 0 Å². The maximum atomic E-state index is 12.8. The topological polar surface area (TPSA) is 46.1 Å². The van der Waals surface area contributed by atoms with Gasteiger partial charge in [0.2, 0.25) is 5.91 Å². The van der Waals surface area contributed by atoms with Crippen LogP contribution in [0.2, 0.25) is 0 Å². The summed E-state index contributed by atoms with van der Waals surface area (Å²) >= 11 is 0. The van der Waals surface area contributed by atoms with Gasteiger partial charge in [-0.3, -0.25) is 14.8 Å². The molecule has 4 heteroatoms. The van der Waals surface area contributed by atoms with Crippen molar-refractivity contribution in [1.82, 2.24) is 9.97 Å². The molecule has 0 bridgehead atoms. The number of anilines is 1. The Hall–Kier alpha value is -4.57. The van der Waals surface area contributed by atoms with Crippen LogP contribution < -0.4 is 4.90 Å². The highest BCUT2D eigenvalue weighted by molar-refractivity contribution is 5.97. The third-order valence-electron chi connectivity index (χ3n) is 8.62. The monoisotopic (exact) mass is 579 g/mol. The zero-order chi connectivity index (χ0) is 31.1. The average molecular weight is 580 g/mol. The maximum absolute atomic E-state index is 12.8. The molecule has 1 aliphatic heterocycles. The van der Waals surface area contributed by atoms with Crippen molar-refractivity contribution in [3.05, 3.63) is 115 Å². The summed E-state index contributed by atoms with van der Waals surface area (Å²) in [5.41, 5.74) is 12.6. The molecule has 1 saturated heterocycles. The minimum Gasteiger partial charge on any atom is -0.312 e. The Bertz CT molecular complexity index is 1690. The molecule has 222 valence electrons. The predicted molar refractivity (Wildman–Crippen MR) is 183 cm³/mol. The summed E-state index contributed by atoms with van der Waals surface area (Å²) in [5.74, 6) is 0.191. The number of benzene rings is 3. The Morgan fingerprint density at radius 3 is 1.39 bits per heavy atom. The molecule has 3 heterocycles. The lowest BCUT2D eigenvalue weighted by atomic mass is 9.82. The fraction of sp³-hybridized carbons (Fsp3) is 0.275. The second-order valence-corrected chi connectivity index (χ2v) is 13.9. The second kappa shape index (κ2) is 11.5. The van der Waals surface area contributed by atoms with Crippen molar-refractivity contribution < 1.29 is 4.79 Å². The van der Waals surface area contributed by atoms with Crippen LogP contribution in [0.5, 0.6) is 0 Å². The lowest BCUT2D eigenvalue weighted by Crippen LogP contribution is -2.23. The van der Waals surface area contributed by atoms with Crippen LogP contribution in [-0.2, 0) is 15.6 Å². The fourth-order valence-electron chi connectivity index (χ4n) is 6.26. The molecular formula is C40H41N3O. The number of carbonyl (C=O) groups is 1. The van der Waals surface area contributed by atoms with Gasteiger partial charge in [-0.1, -0.05) is 90.1 Å². The number of pyridine rings is 2. The zero-order valence-corrected chi connectivity index (χ0v) is 26.7. The van der Waals surface area contributed by atoms with Crippen molar-refractivity contribution >= 4 is 11.6 Å². The number of hydrogen-bond donors (Lipinski definition) is 0. The molecule has 0 spiro atoms. The van der Waals surface area contributed by atoms with Gasteiger partial charge in [-0.05, 0) is 92.1 Å². The molecule has 0 radical (unpaired) electrons. The van der Waals surface area contributed by atoms with E-state index >= 15 is 0 Å². The van der Waals surface area contributed by atoms with Crippen LogP contribution in [-0.4, -0.2) is 22.4 Å². The Morgan fingerprint density at radius 2 is 1.00 bits per heavy atom. The number of nitrogens with zero attached hydrogens (tertiary/aromatic N) is 3. The number of rotatable bonds is 5. The third kappa shape index (κ3) is 5.94. The summed E-state index contributed by atoms with van der Waals surface area (Å²) < 4.78 is 0. The maximum Gasteiger partial charge on any atom is 0.227 e. The van der Waals surface area contributed by atoms with Crippen LogP contribution >= 0.6 is 0 Å². The van der Waals surface area contributed by atoms with Gasteiger partial charge in [-0.15, -0.1) is 0 Å². The molecule has 4 nitrogen and oxygen atoms in total. The van der Waals surface area contributed by atoms with E-state index in [1.165, 1.54) is 11.1 Å². The molecule has 5 aromatic rings. The molecule has 2 aromatic heterocycles. The Kier molecular flexibility index (Phi) is 7.71. The molecule has 0 saturated carbocycles. The van der Waals surface area contributed by atoms with E-state index in [0.29, 0.717) is 6.42 Å². The first-order valence-electron chi connectivity index (χ1n) is 15.6. The van der Waals surface area contributed by atoms with Crippen LogP contribution in [0.15, 0.2) is 104 Å². The normalized spacial score (nSPS) is 13.9. The number of carbonyl (C=O) groups excluding carboxylic acids is 1. The second-order valence-electron chi connectivity index (χ2n) is 13.9. The SMILES string of the molecule is CC(C)(C)c1ccncc1-c1ccc(-c2cc(-c3ccc(-c4cnccc4C(C)(C)C)cc3)cc(N3CCCC3=O)c2)cc1. The highest BCUT2D eigenvalue weighted by atomic mass is 16.2. The smallest absolute Gasteiger partial charge is 0.227 e. The highest BCUT2D eigenvalue weighted by Gasteiger charge is 2.24. The first-order valence-corrected chi connectivity index (χ1v) is 15.6. The van der Waals surface area contributed by atoms with E-state index in [1.807, 2.05) is 29.7 Å². The van der Waals surface area contributed by atoms with Crippen molar-refractivity contribution in [2.24, 2.45) is 0 Å². The van der Waals surface area contributed by atoms with Gasteiger partial charge < -0.3 is 4.90 Å². The first-order chi connectivity index (χ1) is 21.0. The molecular weight excluding hydrogens is 538 g/mol. The Morgan fingerprint density at radius 1 is 0.568 bits per heavy atom. The molecule has 0 N–H and O–H groups in total. The third-order valence-corrected chi connectivity index (χ3v) is 8.62. The van der Waals surface area contributed by atoms with Crippen molar-refractivity contribution in [3.63, 3.8) is 0 Å². The van der Waals surface area contributed by atoms with Crippen molar-refractivity contribution in [1.29, 1.82) is 0 Å². The van der Waals surface area contributed by atoms with Gasteiger partial charge >= 0.3 is 0 Å². The number of aromatic nitrogens is 2. The molecule has 44 heavy (non-hydrogen) atoms. The minimum absolute atomic E-state index is 0.0172. The number of amides is 1. The van der Waals surface area contributed by atoms with Gasteiger partial charge in [0.05, 0.1) is 0 Å². The average Bonchev–Trinajstić information content (AvgIpc) is 3.46. The van der Waals surface area contributed by atoms with E-state index in [1.54, 1.807) is 0 Å². The minimum atomic E-state index is 0.0172. The van der Waals surface area contributed by atoms with Crippen LogP contribution in [0, 0.1) is 0 Å². The van der Waals surface area contributed by atoms with Crippen LogP contribution in [0.25, 0.3) is 44.5 Å². The lowest BCUT2D eigenvalue weighted by Gasteiger charge is -2.23. The van der Waals surface area contributed by atoms with Crippen LogP contribution in [0.1, 0.15) is 65.5 Å². The van der Waals surface area contributed by atoms with Gasteiger partial charge in [0, 0.05) is 54.6 Å². The van der Waals surface area contributed by atoms with E-state index in [9.17, 15) is 4.79 Å². The van der Waals surface area contributed by atoms with Gasteiger partial charge in [-0.25, -0.2) is 0 Å². The largest absolute Gasteiger partial charge is 0.312 e. The van der Waals surface area contributed by atoms with Gasteiger partial charge in [0.15, 0.2) is 0 Å². The molecule has 0 unspecified atom stereocenters. The molecule has 3 aromatic carbocycles. The van der Waals surface area contributed by atoms with Crippen molar-refractivity contribution in [2.45, 2.75) is 65.2 Å². The molecule has 1 amide bonds. The van der Waals surface area contributed by atoms with Gasteiger partial charge in [0.1, 0.15) is 0 Å².